The van der Waals surface area contributed by atoms with Crippen molar-refractivity contribution in [3.05, 3.63) is 12.1 Å². The summed E-state index contributed by atoms with van der Waals surface area (Å²) < 4.78 is 10.9. The molecule has 0 atom stereocenters. The first kappa shape index (κ1) is 15.0. The number of hydrogen-bond acceptors (Lipinski definition) is 4. The third-order valence-electron chi connectivity index (χ3n) is 2.63. The minimum absolute atomic E-state index is 0.878. The Balaban J connectivity index is 2.94. The van der Waals surface area contributed by atoms with Crippen molar-refractivity contribution in [3.63, 3.8) is 0 Å². The number of nitrogens with one attached hydrogen (secondary N) is 1. The van der Waals surface area contributed by atoms with Gasteiger partial charge in [0.25, 0.3) is 0 Å². The Hall–Kier alpha value is -1.03. The van der Waals surface area contributed by atoms with Gasteiger partial charge >= 0.3 is 0 Å². The molecule has 1 N–H and O–H groups in total. The van der Waals surface area contributed by atoms with Crippen LogP contribution >= 0.6 is 11.8 Å². The molecule has 0 spiro atoms. The zero-order valence-corrected chi connectivity index (χ0v) is 12.5. The van der Waals surface area contributed by atoms with Crippen molar-refractivity contribution in [3.8, 4) is 11.5 Å². The highest BCUT2D eigenvalue weighted by Gasteiger charge is 2.10. The first-order valence-corrected chi connectivity index (χ1v) is 7.38. The van der Waals surface area contributed by atoms with Gasteiger partial charge in [0.1, 0.15) is 11.5 Å². The van der Waals surface area contributed by atoms with Gasteiger partial charge in [-0.2, -0.15) is 0 Å². The number of anilines is 1. The largest absolute Gasteiger partial charge is 0.496 e. The van der Waals surface area contributed by atoms with Gasteiger partial charge < -0.3 is 14.8 Å². The molecule has 0 heterocycles. The van der Waals surface area contributed by atoms with E-state index in [4.69, 9.17) is 9.47 Å². The van der Waals surface area contributed by atoms with Crippen LogP contribution in [-0.4, -0.2) is 26.5 Å². The number of benzene rings is 1. The number of ether oxygens (including phenoxy) is 2. The van der Waals surface area contributed by atoms with Crippen molar-refractivity contribution in [1.29, 1.82) is 0 Å². The molecule has 3 nitrogen and oxygen atoms in total. The van der Waals surface area contributed by atoms with Crippen LogP contribution in [0.1, 0.15) is 26.7 Å². The maximum absolute atomic E-state index is 5.43. The molecule has 0 amide bonds. The number of methoxy groups -OCH3 is 2. The summed E-state index contributed by atoms with van der Waals surface area (Å²) in [5.41, 5.74) is 1.00. The van der Waals surface area contributed by atoms with Crippen molar-refractivity contribution in [2.45, 2.75) is 31.6 Å². The molecule has 0 saturated carbocycles. The van der Waals surface area contributed by atoms with Crippen LogP contribution < -0.4 is 14.8 Å². The SMILES string of the molecule is CCCCNc1cc(OC)c(SCC)cc1OC. The van der Waals surface area contributed by atoms with Gasteiger partial charge in [0.2, 0.25) is 0 Å². The molecule has 4 heteroatoms. The number of rotatable bonds is 8. The van der Waals surface area contributed by atoms with E-state index in [2.05, 4.69) is 19.2 Å². The van der Waals surface area contributed by atoms with E-state index in [1.807, 2.05) is 12.1 Å². The first-order valence-electron chi connectivity index (χ1n) is 6.39. The van der Waals surface area contributed by atoms with E-state index in [0.29, 0.717) is 0 Å². The summed E-state index contributed by atoms with van der Waals surface area (Å²) in [5.74, 6) is 2.80. The molecular weight excluding hydrogens is 246 g/mol. The average Bonchev–Trinajstić information content (AvgIpc) is 2.40. The molecule has 102 valence electrons. The van der Waals surface area contributed by atoms with Gasteiger partial charge in [0.05, 0.1) is 24.8 Å². The Bertz CT molecular complexity index is 369. The normalized spacial score (nSPS) is 10.2. The molecule has 1 aromatic carbocycles. The maximum Gasteiger partial charge on any atom is 0.143 e. The third-order valence-corrected chi connectivity index (χ3v) is 3.55. The molecule has 0 fully saturated rings. The van der Waals surface area contributed by atoms with Gasteiger partial charge in [-0.25, -0.2) is 0 Å². The Kier molecular flexibility index (Phi) is 6.80. The monoisotopic (exact) mass is 269 g/mol. The van der Waals surface area contributed by atoms with E-state index in [-0.39, 0.29) is 0 Å². The van der Waals surface area contributed by atoms with Gasteiger partial charge in [-0.05, 0) is 18.2 Å². The van der Waals surface area contributed by atoms with E-state index in [9.17, 15) is 0 Å². The average molecular weight is 269 g/mol. The Morgan fingerprint density at radius 1 is 1.11 bits per heavy atom. The number of unbranched alkanes of at least 4 members (excludes halogenated alkanes) is 1. The molecule has 0 bridgehead atoms. The van der Waals surface area contributed by atoms with Crippen molar-refractivity contribution in [2.75, 3.05) is 31.8 Å². The molecule has 0 aliphatic carbocycles. The van der Waals surface area contributed by atoms with E-state index in [1.54, 1.807) is 26.0 Å². The maximum atomic E-state index is 5.43. The lowest BCUT2D eigenvalue weighted by atomic mass is 10.2. The van der Waals surface area contributed by atoms with Crippen LogP contribution in [0.3, 0.4) is 0 Å². The fraction of sp³-hybridized carbons (Fsp3) is 0.571. The third kappa shape index (κ3) is 4.02. The molecule has 18 heavy (non-hydrogen) atoms. The fourth-order valence-corrected chi connectivity index (χ4v) is 2.46. The summed E-state index contributed by atoms with van der Waals surface area (Å²) in [6, 6.07) is 4.06. The van der Waals surface area contributed by atoms with Crippen LogP contribution in [0, 0.1) is 0 Å². The highest BCUT2D eigenvalue weighted by atomic mass is 32.2. The number of hydrogen-bond donors (Lipinski definition) is 1. The molecule has 0 unspecified atom stereocenters. The van der Waals surface area contributed by atoms with E-state index >= 15 is 0 Å². The lowest BCUT2D eigenvalue weighted by molar-refractivity contribution is 0.395. The van der Waals surface area contributed by atoms with Gasteiger partial charge in [0.15, 0.2) is 0 Å². The minimum atomic E-state index is 0.878. The summed E-state index contributed by atoms with van der Waals surface area (Å²) in [5, 5.41) is 3.39. The smallest absolute Gasteiger partial charge is 0.143 e. The summed E-state index contributed by atoms with van der Waals surface area (Å²) in [6.45, 7) is 5.26. The van der Waals surface area contributed by atoms with Crippen LogP contribution in [0.4, 0.5) is 5.69 Å². The van der Waals surface area contributed by atoms with Crippen molar-refractivity contribution in [1.82, 2.24) is 0 Å². The first-order chi connectivity index (χ1) is 8.76. The lowest BCUT2D eigenvalue weighted by Crippen LogP contribution is -2.03. The van der Waals surface area contributed by atoms with E-state index in [0.717, 1.165) is 40.8 Å². The van der Waals surface area contributed by atoms with Crippen molar-refractivity contribution < 1.29 is 9.47 Å². The zero-order chi connectivity index (χ0) is 13.4. The lowest BCUT2D eigenvalue weighted by Gasteiger charge is -2.15. The Morgan fingerprint density at radius 2 is 1.83 bits per heavy atom. The van der Waals surface area contributed by atoms with Gasteiger partial charge in [0, 0.05) is 12.6 Å². The van der Waals surface area contributed by atoms with Gasteiger partial charge in [-0.1, -0.05) is 20.3 Å². The highest BCUT2D eigenvalue weighted by molar-refractivity contribution is 7.99. The van der Waals surface area contributed by atoms with Crippen LogP contribution in [0.2, 0.25) is 0 Å². The molecule has 0 aliphatic heterocycles. The molecule has 0 aromatic heterocycles. The highest BCUT2D eigenvalue weighted by Crippen LogP contribution is 2.38. The molecule has 0 saturated heterocycles. The quantitative estimate of drug-likeness (QED) is 0.570. The van der Waals surface area contributed by atoms with E-state index in [1.165, 1.54) is 6.42 Å². The topological polar surface area (TPSA) is 30.5 Å². The molecule has 1 aromatic rings. The van der Waals surface area contributed by atoms with Crippen LogP contribution in [0.15, 0.2) is 17.0 Å². The van der Waals surface area contributed by atoms with Crippen molar-refractivity contribution >= 4 is 17.4 Å². The van der Waals surface area contributed by atoms with Crippen molar-refractivity contribution in [2.24, 2.45) is 0 Å². The number of thioether (sulfide) groups is 1. The van der Waals surface area contributed by atoms with Gasteiger partial charge in [-0.3, -0.25) is 0 Å². The summed E-state index contributed by atoms with van der Waals surface area (Å²) in [7, 11) is 3.41. The second kappa shape index (κ2) is 8.14. The summed E-state index contributed by atoms with van der Waals surface area (Å²) in [6.07, 6.45) is 2.33. The second-order valence-corrected chi connectivity index (χ2v) is 5.22. The van der Waals surface area contributed by atoms with Gasteiger partial charge in [-0.15, -0.1) is 11.8 Å². The Labute approximate surface area is 114 Å². The Morgan fingerprint density at radius 3 is 2.39 bits per heavy atom. The molecule has 1 rings (SSSR count). The van der Waals surface area contributed by atoms with Crippen LogP contribution in [-0.2, 0) is 0 Å². The second-order valence-electron chi connectivity index (χ2n) is 3.92. The summed E-state index contributed by atoms with van der Waals surface area (Å²) >= 11 is 1.76. The predicted molar refractivity (Wildman–Crippen MR) is 79.3 cm³/mol. The van der Waals surface area contributed by atoms with Crippen LogP contribution in [0.25, 0.3) is 0 Å². The van der Waals surface area contributed by atoms with E-state index < -0.39 is 0 Å². The standard InChI is InChI=1S/C14H23NO2S/c1-5-7-8-15-11-9-13(17-4)14(18-6-2)10-12(11)16-3/h9-10,15H,5-8H2,1-4H3. The van der Waals surface area contributed by atoms with Crippen LogP contribution in [0.5, 0.6) is 11.5 Å². The zero-order valence-electron chi connectivity index (χ0n) is 11.7. The molecule has 0 radical (unpaired) electrons. The predicted octanol–water partition coefficient (Wildman–Crippen LogP) is 4.03. The fourth-order valence-electron chi connectivity index (χ4n) is 1.68. The molecular formula is C14H23NO2S. The summed E-state index contributed by atoms with van der Waals surface area (Å²) in [4.78, 5) is 1.12. The molecule has 0 aliphatic rings. The minimum Gasteiger partial charge on any atom is -0.496 e.